The zero-order valence-corrected chi connectivity index (χ0v) is 13.4. The fourth-order valence-corrected chi connectivity index (χ4v) is 3.36. The lowest BCUT2D eigenvalue weighted by molar-refractivity contribution is 0.0608. The lowest BCUT2D eigenvalue weighted by Gasteiger charge is -2.46. The van der Waals surface area contributed by atoms with Crippen LogP contribution in [-0.2, 0) is 0 Å². The van der Waals surface area contributed by atoms with Gasteiger partial charge in [0.05, 0.1) is 6.04 Å². The summed E-state index contributed by atoms with van der Waals surface area (Å²) in [5.74, 6) is 0. The molecule has 2 heteroatoms. The quantitative estimate of drug-likeness (QED) is 0.843. The maximum absolute atomic E-state index is 3.78. The molecule has 0 amide bonds. The molecule has 0 radical (unpaired) electrons. The van der Waals surface area contributed by atoms with E-state index in [9.17, 15) is 0 Å². The van der Waals surface area contributed by atoms with Gasteiger partial charge in [0.15, 0.2) is 0 Å². The van der Waals surface area contributed by atoms with E-state index in [-0.39, 0.29) is 5.54 Å². The summed E-state index contributed by atoms with van der Waals surface area (Å²) < 4.78 is 0. The Labute approximate surface area is 124 Å². The number of rotatable bonds is 6. The molecule has 1 aromatic carbocycles. The standard InChI is InChI=1S/C18H30N2/c1-4-13-19-17(16-11-7-5-8-12-16)18(2,3)20-14-9-6-10-15-20/h5,7-8,11-12,17,19H,4,6,9-10,13-15H2,1-3H3. The molecule has 20 heavy (non-hydrogen) atoms. The molecule has 1 aliphatic rings. The van der Waals surface area contributed by atoms with Gasteiger partial charge in [-0.3, -0.25) is 4.90 Å². The average molecular weight is 274 g/mol. The Morgan fingerprint density at radius 1 is 1.10 bits per heavy atom. The Morgan fingerprint density at radius 2 is 1.75 bits per heavy atom. The third-order valence-electron chi connectivity index (χ3n) is 4.61. The van der Waals surface area contributed by atoms with Crippen molar-refractivity contribution in [1.29, 1.82) is 0 Å². The van der Waals surface area contributed by atoms with Crippen LogP contribution in [0.5, 0.6) is 0 Å². The molecule has 0 saturated carbocycles. The van der Waals surface area contributed by atoms with Crippen molar-refractivity contribution >= 4 is 0 Å². The lowest BCUT2D eigenvalue weighted by atomic mass is 9.85. The summed E-state index contributed by atoms with van der Waals surface area (Å²) in [6, 6.07) is 11.3. The molecule has 0 bridgehead atoms. The van der Waals surface area contributed by atoms with Gasteiger partial charge in [-0.25, -0.2) is 0 Å². The maximum atomic E-state index is 3.78. The van der Waals surface area contributed by atoms with Gasteiger partial charge in [0.2, 0.25) is 0 Å². The maximum Gasteiger partial charge on any atom is 0.0501 e. The summed E-state index contributed by atoms with van der Waals surface area (Å²) in [4.78, 5) is 2.68. The van der Waals surface area contributed by atoms with Crippen molar-refractivity contribution in [3.63, 3.8) is 0 Å². The summed E-state index contributed by atoms with van der Waals surface area (Å²) in [6.07, 6.45) is 5.27. The molecular weight excluding hydrogens is 244 g/mol. The number of benzene rings is 1. The minimum absolute atomic E-state index is 0.164. The molecule has 1 fully saturated rings. The van der Waals surface area contributed by atoms with Crippen molar-refractivity contribution in [2.24, 2.45) is 0 Å². The second-order valence-corrected chi connectivity index (χ2v) is 6.50. The Kier molecular flexibility index (Phi) is 5.62. The molecule has 1 heterocycles. The largest absolute Gasteiger partial charge is 0.308 e. The van der Waals surface area contributed by atoms with Gasteiger partial charge in [0.25, 0.3) is 0 Å². The smallest absolute Gasteiger partial charge is 0.0501 e. The van der Waals surface area contributed by atoms with Gasteiger partial charge in [-0.2, -0.15) is 0 Å². The summed E-state index contributed by atoms with van der Waals surface area (Å²) in [6.45, 7) is 10.6. The second-order valence-electron chi connectivity index (χ2n) is 6.50. The first-order chi connectivity index (χ1) is 9.66. The van der Waals surface area contributed by atoms with Crippen LogP contribution < -0.4 is 5.32 Å². The van der Waals surface area contributed by atoms with Crippen molar-refractivity contribution in [2.75, 3.05) is 19.6 Å². The van der Waals surface area contributed by atoms with Crippen molar-refractivity contribution in [2.45, 2.75) is 58.0 Å². The molecule has 1 aliphatic heterocycles. The molecule has 2 rings (SSSR count). The van der Waals surface area contributed by atoms with E-state index in [1.54, 1.807) is 0 Å². The van der Waals surface area contributed by atoms with Crippen LogP contribution in [0.2, 0.25) is 0 Å². The minimum atomic E-state index is 0.164. The highest BCUT2D eigenvalue weighted by Gasteiger charge is 2.36. The van der Waals surface area contributed by atoms with Crippen molar-refractivity contribution in [1.82, 2.24) is 10.2 Å². The molecule has 1 unspecified atom stereocenters. The van der Waals surface area contributed by atoms with Crippen molar-refractivity contribution < 1.29 is 0 Å². The summed E-state index contributed by atoms with van der Waals surface area (Å²) in [7, 11) is 0. The SMILES string of the molecule is CCCNC(c1ccccc1)C(C)(C)N1CCCCC1. The van der Waals surface area contributed by atoms with Gasteiger partial charge in [-0.15, -0.1) is 0 Å². The predicted molar refractivity (Wildman–Crippen MR) is 87.0 cm³/mol. The molecule has 0 aromatic heterocycles. The van der Waals surface area contributed by atoms with Crippen molar-refractivity contribution in [3.8, 4) is 0 Å². The van der Waals surface area contributed by atoms with E-state index in [4.69, 9.17) is 0 Å². The number of hydrogen-bond donors (Lipinski definition) is 1. The number of likely N-dealkylation sites (tertiary alicyclic amines) is 1. The molecule has 2 nitrogen and oxygen atoms in total. The van der Waals surface area contributed by atoms with Crippen LogP contribution >= 0.6 is 0 Å². The fraction of sp³-hybridized carbons (Fsp3) is 0.667. The van der Waals surface area contributed by atoms with E-state index in [1.807, 2.05) is 0 Å². The van der Waals surface area contributed by atoms with E-state index >= 15 is 0 Å². The fourth-order valence-electron chi connectivity index (χ4n) is 3.36. The molecule has 112 valence electrons. The van der Waals surface area contributed by atoms with Crippen LogP contribution in [0.15, 0.2) is 30.3 Å². The Balaban J connectivity index is 2.19. The van der Waals surface area contributed by atoms with E-state index in [0.29, 0.717) is 6.04 Å². The normalized spacial score (nSPS) is 18.9. The molecule has 0 aliphatic carbocycles. The van der Waals surface area contributed by atoms with Gasteiger partial charge >= 0.3 is 0 Å². The van der Waals surface area contributed by atoms with Crippen LogP contribution in [0.3, 0.4) is 0 Å². The first kappa shape index (κ1) is 15.5. The van der Waals surface area contributed by atoms with Gasteiger partial charge in [-0.05, 0) is 58.3 Å². The van der Waals surface area contributed by atoms with E-state index in [0.717, 1.165) is 6.54 Å². The molecule has 1 N–H and O–H groups in total. The number of piperidine rings is 1. The van der Waals surface area contributed by atoms with Crippen LogP contribution in [0, 0.1) is 0 Å². The monoisotopic (exact) mass is 274 g/mol. The zero-order valence-electron chi connectivity index (χ0n) is 13.4. The highest BCUT2D eigenvalue weighted by atomic mass is 15.2. The van der Waals surface area contributed by atoms with Gasteiger partial charge in [0, 0.05) is 5.54 Å². The van der Waals surface area contributed by atoms with Crippen LogP contribution in [-0.4, -0.2) is 30.1 Å². The highest BCUT2D eigenvalue weighted by molar-refractivity contribution is 5.22. The first-order valence-electron chi connectivity index (χ1n) is 8.19. The lowest BCUT2D eigenvalue weighted by Crippen LogP contribution is -2.54. The van der Waals surface area contributed by atoms with E-state index in [1.165, 1.54) is 44.3 Å². The van der Waals surface area contributed by atoms with Gasteiger partial charge in [-0.1, -0.05) is 43.7 Å². The van der Waals surface area contributed by atoms with Crippen LogP contribution in [0.1, 0.15) is 58.1 Å². The van der Waals surface area contributed by atoms with Crippen LogP contribution in [0.4, 0.5) is 0 Å². The molecular formula is C18H30N2. The number of nitrogens with one attached hydrogen (secondary N) is 1. The third kappa shape index (κ3) is 3.62. The molecule has 1 saturated heterocycles. The molecule has 1 aromatic rings. The van der Waals surface area contributed by atoms with Gasteiger partial charge in [0.1, 0.15) is 0 Å². The van der Waals surface area contributed by atoms with Crippen molar-refractivity contribution in [3.05, 3.63) is 35.9 Å². The Bertz CT molecular complexity index is 380. The number of nitrogens with zero attached hydrogens (tertiary/aromatic N) is 1. The zero-order chi connectivity index (χ0) is 14.4. The van der Waals surface area contributed by atoms with E-state index in [2.05, 4.69) is 61.3 Å². The molecule has 0 spiro atoms. The summed E-state index contributed by atoms with van der Waals surface area (Å²) in [5.41, 5.74) is 1.58. The summed E-state index contributed by atoms with van der Waals surface area (Å²) >= 11 is 0. The Hall–Kier alpha value is -0.860. The summed E-state index contributed by atoms with van der Waals surface area (Å²) in [5, 5.41) is 3.78. The van der Waals surface area contributed by atoms with Crippen LogP contribution in [0.25, 0.3) is 0 Å². The van der Waals surface area contributed by atoms with Gasteiger partial charge < -0.3 is 5.32 Å². The minimum Gasteiger partial charge on any atom is -0.308 e. The third-order valence-corrected chi connectivity index (χ3v) is 4.61. The average Bonchev–Trinajstić information content (AvgIpc) is 2.49. The second kappa shape index (κ2) is 7.24. The number of hydrogen-bond acceptors (Lipinski definition) is 2. The highest BCUT2D eigenvalue weighted by Crippen LogP contribution is 2.33. The molecule has 1 atom stereocenters. The van der Waals surface area contributed by atoms with E-state index < -0.39 is 0 Å². The predicted octanol–water partition coefficient (Wildman–Crippen LogP) is 3.99. The Morgan fingerprint density at radius 3 is 2.35 bits per heavy atom. The topological polar surface area (TPSA) is 15.3 Å². The first-order valence-corrected chi connectivity index (χ1v) is 8.19.